The van der Waals surface area contributed by atoms with E-state index in [1.807, 2.05) is 11.9 Å². The van der Waals surface area contributed by atoms with E-state index in [0.29, 0.717) is 6.01 Å². The van der Waals surface area contributed by atoms with Gasteiger partial charge in [0.25, 0.3) is 6.01 Å². The van der Waals surface area contributed by atoms with Gasteiger partial charge in [-0.15, -0.1) is 0 Å². The molecule has 2 rings (SSSR count). The van der Waals surface area contributed by atoms with E-state index in [9.17, 15) is 0 Å². The Bertz CT molecular complexity index is 350. The van der Waals surface area contributed by atoms with Gasteiger partial charge in [-0.1, -0.05) is 6.92 Å². The molecule has 0 aliphatic heterocycles. The molecule has 5 nitrogen and oxygen atoms in total. The molecule has 0 radical (unpaired) electrons. The van der Waals surface area contributed by atoms with E-state index in [4.69, 9.17) is 9.15 Å². The van der Waals surface area contributed by atoms with Crippen molar-refractivity contribution in [2.45, 2.75) is 26.3 Å². The van der Waals surface area contributed by atoms with Gasteiger partial charge < -0.3 is 19.4 Å². The SMILES string of the molecule is CCNCc1coc(N(C)CCOCC2CC2)n1. The first-order chi connectivity index (χ1) is 8.79. The second-order valence-electron chi connectivity index (χ2n) is 4.84. The van der Waals surface area contributed by atoms with Gasteiger partial charge in [-0.2, -0.15) is 4.98 Å². The number of anilines is 1. The van der Waals surface area contributed by atoms with Crippen molar-refractivity contribution in [1.82, 2.24) is 10.3 Å². The summed E-state index contributed by atoms with van der Waals surface area (Å²) in [6, 6.07) is 0.665. The van der Waals surface area contributed by atoms with Crippen molar-refractivity contribution in [3.63, 3.8) is 0 Å². The Morgan fingerprint density at radius 2 is 2.39 bits per heavy atom. The average Bonchev–Trinajstić information content (AvgIpc) is 3.08. The molecule has 0 aromatic carbocycles. The third-order valence-electron chi connectivity index (χ3n) is 3.04. The highest BCUT2D eigenvalue weighted by atomic mass is 16.5. The van der Waals surface area contributed by atoms with Crippen molar-refractivity contribution in [2.24, 2.45) is 5.92 Å². The molecule has 0 bridgehead atoms. The van der Waals surface area contributed by atoms with Gasteiger partial charge in [-0.05, 0) is 25.3 Å². The van der Waals surface area contributed by atoms with Crippen LogP contribution in [0.5, 0.6) is 0 Å². The fraction of sp³-hybridized carbons (Fsp3) is 0.769. The largest absolute Gasteiger partial charge is 0.432 e. The van der Waals surface area contributed by atoms with Crippen LogP contribution in [0.4, 0.5) is 6.01 Å². The molecule has 0 amide bonds. The first-order valence-corrected chi connectivity index (χ1v) is 6.73. The number of nitrogens with one attached hydrogen (secondary N) is 1. The maximum absolute atomic E-state index is 5.60. The highest BCUT2D eigenvalue weighted by molar-refractivity contribution is 5.24. The summed E-state index contributed by atoms with van der Waals surface area (Å²) < 4.78 is 11.0. The van der Waals surface area contributed by atoms with Gasteiger partial charge in [-0.3, -0.25) is 0 Å². The monoisotopic (exact) mass is 253 g/mol. The summed E-state index contributed by atoms with van der Waals surface area (Å²) in [6.45, 7) is 6.22. The number of hydrogen-bond acceptors (Lipinski definition) is 5. The van der Waals surface area contributed by atoms with Crippen molar-refractivity contribution in [3.8, 4) is 0 Å². The van der Waals surface area contributed by atoms with Crippen molar-refractivity contribution < 1.29 is 9.15 Å². The van der Waals surface area contributed by atoms with Gasteiger partial charge >= 0.3 is 0 Å². The molecule has 1 aromatic rings. The normalized spacial score (nSPS) is 15.0. The van der Waals surface area contributed by atoms with Crippen LogP contribution in [-0.2, 0) is 11.3 Å². The summed E-state index contributed by atoms with van der Waals surface area (Å²) in [5, 5.41) is 3.22. The quantitative estimate of drug-likeness (QED) is 0.678. The van der Waals surface area contributed by atoms with Gasteiger partial charge in [0.15, 0.2) is 0 Å². The van der Waals surface area contributed by atoms with E-state index >= 15 is 0 Å². The van der Waals surface area contributed by atoms with E-state index in [2.05, 4.69) is 17.2 Å². The number of likely N-dealkylation sites (N-methyl/N-ethyl adjacent to an activating group) is 1. The summed E-state index contributed by atoms with van der Waals surface area (Å²) >= 11 is 0. The first kappa shape index (κ1) is 13.4. The van der Waals surface area contributed by atoms with Crippen molar-refractivity contribution >= 4 is 6.01 Å². The minimum atomic E-state index is 0.665. The standard InChI is InChI=1S/C13H23N3O2/c1-3-14-8-12-10-18-13(15-12)16(2)6-7-17-9-11-4-5-11/h10-11,14H,3-9H2,1-2H3. The lowest BCUT2D eigenvalue weighted by atomic mass is 10.5. The second-order valence-corrected chi connectivity index (χ2v) is 4.84. The predicted octanol–water partition coefficient (Wildman–Crippen LogP) is 1.65. The molecule has 1 saturated carbocycles. The van der Waals surface area contributed by atoms with Crippen LogP contribution >= 0.6 is 0 Å². The third-order valence-corrected chi connectivity index (χ3v) is 3.04. The molecule has 102 valence electrons. The molecule has 0 spiro atoms. The molecular weight excluding hydrogens is 230 g/mol. The van der Waals surface area contributed by atoms with Gasteiger partial charge in [-0.25, -0.2) is 0 Å². The summed E-state index contributed by atoms with van der Waals surface area (Å²) in [6.07, 6.45) is 4.38. The lowest BCUT2D eigenvalue weighted by Crippen LogP contribution is -2.23. The highest BCUT2D eigenvalue weighted by Crippen LogP contribution is 2.28. The van der Waals surface area contributed by atoms with Crippen LogP contribution in [0.25, 0.3) is 0 Å². The van der Waals surface area contributed by atoms with Crippen LogP contribution in [0.15, 0.2) is 10.7 Å². The van der Waals surface area contributed by atoms with Crippen LogP contribution in [-0.4, -0.2) is 38.3 Å². The number of ether oxygens (including phenoxy) is 1. The molecule has 1 aliphatic carbocycles. The number of nitrogens with zero attached hydrogens (tertiary/aromatic N) is 2. The molecule has 1 N–H and O–H groups in total. The fourth-order valence-corrected chi connectivity index (χ4v) is 1.64. The van der Waals surface area contributed by atoms with Gasteiger partial charge in [0.05, 0.1) is 12.3 Å². The van der Waals surface area contributed by atoms with E-state index in [-0.39, 0.29) is 0 Å². The van der Waals surface area contributed by atoms with Crippen molar-refractivity contribution in [2.75, 3.05) is 38.3 Å². The topological polar surface area (TPSA) is 50.5 Å². The Balaban J connectivity index is 1.66. The van der Waals surface area contributed by atoms with Crippen LogP contribution in [0.2, 0.25) is 0 Å². The minimum absolute atomic E-state index is 0.665. The van der Waals surface area contributed by atoms with Crippen LogP contribution in [0.1, 0.15) is 25.5 Å². The summed E-state index contributed by atoms with van der Waals surface area (Å²) in [5.41, 5.74) is 0.942. The smallest absolute Gasteiger partial charge is 0.297 e. The molecule has 5 heteroatoms. The lowest BCUT2D eigenvalue weighted by molar-refractivity contribution is 0.130. The Labute approximate surface area is 109 Å². The minimum Gasteiger partial charge on any atom is -0.432 e. The Morgan fingerprint density at radius 1 is 1.56 bits per heavy atom. The molecule has 18 heavy (non-hydrogen) atoms. The number of oxazole rings is 1. The molecule has 1 aliphatic rings. The molecule has 0 saturated heterocycles. The number of hydrogen-bond donors (Lipinski definition) is 1. The maximum atomic E-state index is 5.60. The second kappa shape index (κ2) is 6.75. The molecule has 1 heterocycles. The lowest BCUT2D eigenvalue weighted by Gasteiger charge is -2.14. The highest BCUT2D eigenvalue weighted by Gasteiger charge is 2.21. The predicted molar refractivity (Wildman–Crippen MR) is 70.7 cm³/mol. The number of rotatable bonds is 9. The van der Waals surface area contributed by atoms with Crippen molar-refractivity contribution in [3.05, 3.63) is 12.0 Å². The van der Waals surface area contributed by atoms with Gasteiger partial charge in [0.1, 0.15) is 6.26 Å². The van der Waals surface area contributed by atoms with Gasteiger partial charge in [0.2, 0.25) is 0 Å². The first-order valence-electron chi connectivity index (χ1n) is 6.73. The van der Waals surface area contributed by atoms with Crippen LogP contribution < -0.4 is 10.2 Å². The zero-order valence-electron chi connectivity index (χ0n) is 11.3. The third kappa shape index (κ3) is 4.31. The van der Waals surface area contributed by atoms with E-state index in [0.717, 1.165) is 44.5 Å². The van der Waals surface area contributed by atoms with E-state index < -0.39 is 0 Å². The molecule has 1 aromatic heterocycles. The Kier molecular flexibility index (Phi) is 5.01. The van der Waals surface area contributed by atoms with Gasteiger partial charge in [0, 0.05) is 26.7 Å². The average molecular weight is 253 g/mol. The number of aromatic nitrogens is 1. The molecular formula is C13H23N3O2. The fourth-order valence-electron chi connectivity index (χ4n) is 1.64. The Hall–Kier alpha value is -1.07. The summed E-state index contributed by atoms with van der Waals surface area (Å²) in [7, 11) is 1.98. The maximum Gasteiger partial charge on any atom is 0.297 e. The van der Waals surface area contributed by atoms with E-state index in [1.54, 1.807) is 6.26 Å². The Morgan fingerprint density at radius 3 is 3.11 bits per heavy atom. The molecule has 0 atom stereocenters. The van der Waals surface area contributed by atoms with Crippen LogP contribution in [0, 0.1) is 5.92 Å². The van der Waals surface area contributed by atoms with Crippen LogP contribution in [0.3, 0.4) is 0 Å². The zero-order valence-corrected chi connectivity index (χ0v) is 11.3. The molecule has 1 fully saturated rings. The van der Waals surface area contributed by atoms with Crippen molar-refractivity contribution in [1.29, 1.82) is 0 Å². The molecule has 0 unspecified atom stereocenters. The zero-order chi connectivity index (χ0) is 12.8. The van der Waals surface area contributed by atoms with E-state index in [1.165, 1.54) is 12.8 Å². The summed E-state index contributed by atoms with van der Waals surface area (Å²) in [5.74, 6) is 0.823. The summed E-state index contributed by atoms with van der Waals surface area (Å²) in [4.78, 5) is 6.40.